The van der Waals surface area contributed by atoms with Gasteiger partial charge in [0.1, 0.15) is 0 Å². The number of unbranched alkanes of at least 4 members (excludes halogenated alkanes) is 8. The second-order valence-corrected chi connectivity index (χ2v) is 7.24. The predicted molar refractivity (Wildman–Crippen MR) is 82.1 cm³/mol. The van der Waals surface area contributed by atoms with Crippen LogP contribution < -0.4 is 0 Å². The van der Waals surface area contributed by atoms with Gasteiger partial charge in [0.05, 0.1) is 5.25 Å². The number of rotatable bonds is 13. The Bertz CT molecular complexity index is 286. The van der Waals surface area contributed by atoms with Crippen molar-refractivity contribution >= 4 is 10.1 Å². The van der Waals surface area contributed by atoms with Gasteiger partial charge in [-0.25, -0.2) is 0 Å². The van der Waals surface area contributed by atoms with Gasteiger partial charge in [0.2, 0.25) is 0 Å². The highest BCUT2D eigenvalue weighted by Crippen LogP contribution is 2.18. The van der Waals surface area contributed by atoms with Gasteiger partial charge in [-0.1, -0.05) is 78.1 Å². The Hall–Kier alpha value is -0.0900. The molecule has 0 aromatic carbocycles. The average Bonchev–Trinajstić information content (AvgIpc) is 2.34. The van der Waals surface area contributed by atoms with Gasteiger partial charge >= 0.3 is 0 Å². The molecular formula is C15H32O3S. The maximum absolute atomic E-state index is 11.3. The molecule has 116 valence electrons. The average molecular weight is 292 g/mol. The van der Waals surface area contributed by atoms with Crippen molar-refractivity contribution in [1.29, 1.82) is 0 Å². The molecule has 1 unspecified atom stereocenters. The van der Waals surface area contributed by atoms with E-state index in [1.807, 2.05) is 0 Å². The van der Waals surface area contributed by atoms with Crippen molar-refractivity contribution in [3.63, 3.8) is 0 Å². The second kappa shape index (κ2) is 11.7. The van der Waals surface area contributed by atoms with Gasteiger partial charge in [-0.2, -0.15) is 8.42 Å². The third-order valence-corrected chi connectivity index (χ3v) is 4.99. The van der Waals surface area contributed by atoms with E-state index in [0.717, 1.165) is 38.5 Å². The molecule has 0 aliphatic carbocycles. The van der Waals surface area contributed by atoms with Crippen LogP contribution in [0.4, 0.5) is 0 Å². The van der Waals surface area contributed by atoms with E-state index >= 15 is 0 Å². The molecule has 0 aliphatic heterocycles. The normalized spacial score (nSPS) is 13.6. The molecule has 1 atom stereocenters. The molecule has 0 radical (unpaired) electrons. The topological polar surface area (TPSA) is 54.4 Å². The van der Waals surface area contributed by atoms with Crippen LogP contribution in [0, 0.1) is 0 Å². The SMILES string of the molecule is CCCCCCCCC(CCCCCC)S(=O)(=O)O. The lowest BCUT2D eigenvalue weighted by molar-refractivity contribution is 0.443. The van der Waals surface area contributed by atoms with E-state index in [2.05, 4.69) is 13.8 Å². The van der Waals surface area contributed by atoms with E-state index in [4.69, 9.17) is 0 Å². The Labute approximate surface area is 119 Å². The van der Waals surface area contributed by atoms with Crippen molar-refractivity contribution in [2.24, 2.45) is 0 Å². The summed E-state index contributed by atoms with van der Waals surface area (Å²) in [5.41, 5.74) is 0. The summed E-state index contributed by atoms with van der Waals surface area (Å²) in [6, 6.07) is 0. The molecule has 3 nitrogen and oxygen atoms in total. The summed E-state index contributed by atoms with van der Waals surface area (Å²) in [5.74, 6) is 0. The predicted octanol–water partition coefficient (Wildman–Crippen LogP) is 4.96. The maximum Gasteiger partial charge on any atom is 0.267 e. The van der Waals surface area contributed by atoms with Gasteiger partial charge in [0.25, 0.3) is 10.1 Å². The molecule has 1 N–H and O–H groups in total. The van der Waals surface area contributed by atoms with Crippen LogP contribution in [-0.2, 0) is 10.1 Å². The van der Waals surface area contributed by atoms with Crippen LogP contribution in [0.5, 0.6) is 0 Å². The Morgan fingerprint density at radius 2 is 1.11 bits per heavy atom. The molecule has 0 aromatic heterocycles. The molecule has 0 aliphatic rings. The Morgan fingerprint density at radius 1 is 0.737 bits per heavy atom. The first-order valence-electron chi connectivity index (χ1n) is 7.98. The largest absolute Gasteiger partial charge is 0.285 e. The molecule has 0 rings (SSSR count). The van der Waals surface area contributed by atoms with Crippen molar-refractivity contribution in [2.45, 2.75) is 96.1 Å². The standard InChI is InChI=1S/C15H32O3S/c1-3-5-7-9-10-12-14-15(19(16,17)18)13-11-8-6-4-2/h15H,3-14H2,1-2H3,(H,16,17,18). The van der Waals surface area contributed by atoms with Crippen LogP contribution in [0.3, 0.4) is 0 Å². The summed E-state index contributed by atoms with van der Waals surface area (Å²) < 4.78 is 31.9. The molecule has 0 spiro atoms. The van der Waals surface area contributed by atoms with E-state index in [1.54, 1.807) is 0 Å². The quantitative estimate of drug-likeness (QED) is 0.385. The number of hydrogen-bond acceptors (Lipinski definition) is 2. The lowest BCUT2D eigenvalue weighted by Crippen LogP contribution is -2.20. The summed E-state index contributed by atoms with van der Waals surface area (Å²) in [6.07, 6.45) is 12.4. The molecule has 0 heterocycles. The minimum absolute atomic E-state index is 0.532. The fourth-order valence-electron chi connectivity index (χ4n) is 2.39. The van der Waals surface area contributed by atoms with Crippen LogP contribution in [-0.4, -0.2) is 18.2 Å². The molecule has 0 fully saturated rings. The second-order valence-electron chi connectivity index (χ2n) is 5.54. The van der Waals surface area contributed by atoms with Crippen molar-refractivity contribution in [3.8, 4) is 0 Å². The molecule has 19 heavy (non-hydrogen) atoms. The van der Waals surface area contributed by atoms with Gasteiger partial charge in [-0.15, -0.1) is 0 Å². The van der Waals surface area contributed by atoms with Crippen molar-refractivity contribution in [1.82, 2.24) is 0 Å². The summed E-state index contributed by atoms with van der Waals surface area (Å²) >= 11 is 0. The van der Waals surface area contributed by atoms with Crippen molar-refractivity contribution in [2.75, 3.05) is 0 Å². The fraction of sp³-hybridized carbons (Fsp3) is 1.00. The third kappa shape index (κ3) is 11.4. The van der Waals surface area contributed by atoms with E-state index < -0.39 is 15.4 Å². The molecular weight excluding hydrogens is 260 g/mol. The van der Waals surface area contributed by atoms with Crippen LogP contribution in [0.15, 0.2) is 0 Å². The summed E-state index contributed by atoms with van der Waals surface area (Å²) in [7, 11) is -3.85. The zero-order valence-electron chi connectivity index (χ0n) is 12.7. The molecule has 0 bridgehead atoms. The highest BCUT2D eigenvalue weighted by atomic mass is 32.2. The zero-order valence-corrected chi connectivity index (χ0v) is 13.6. The van der Waals surface area contributed by atoms with Crippen LogP contribution in [0.2, 0.25) is 0 Å². The lowest BCUT2D eigenvalue weighted by atomic mass is 10.0. The lowest BCUT2D eigenvalue weighted by Gasteiger charge is -2.13. The molecule has 0 saturated carbocycles. The monoisotopic (exact) mass is 292 g/mol. The van der Waals surface area contributed by atoms with Crippen LogP contribution in [0.25, 0.3) is 0 Å². The van der Waals surface area contributed by atoms with Gasteiger partial charge in [0, 0.05) is 0 Å². The third-order valence-electron chi connectivity index (χ3n) is 3.68. The fourth-order valence-corrected chi connectivity index (χ4v) is 3.32. The zero-order chi connectivity index (χ0) is 14.6. The first-order chi connectivity index (χ1) is 9.02. The van der Waals surface area contributed by atoms with Crippen molar-refractivity contribution < 1.29 is 13.0 Å². The Kier molecular flexibility index (Phi) is 11.7. The Morgan fingerprint density at radius 3 is 1.53 bits per heavy atom. The molecule has 4 heteroatoms. The first-order valence-corrected chi connectivity index (χ1v) is 9.49. The summed E-state index contributed by atoms with van der Waals surface area (Å²) in [5, 5.41) is -0.532. The highest BCUT2D eigenvalue weighted by Gasteiger charge is 2.21. The first kappa shape index (κ1) is 18.9. The Balaban J connectivity index is 3.82. The molecule has 0 amide bonds. The summed E-state index contributed by atoms with van der Waals surface area (Å²) in [4.78, 5) is 0. The van der Waals surface area contributed by atoms with Crippen molar-refractivity contribution in [3.05, 3.63) is 0 Å². The maximum atomic E-state index is 11.3. The van der Waals surface area contributed by atoms with E-state index in [1.165, 1.54) is 25.7 Å². The molecule has 0 saturated heterocycles. The van der Waals surface area contributed by atoms with Gasteiger partial charge < -0.3 is 0 Å². The smallest absolute Gasteiger partial charge is 0.267 e. The minimum atomic E-state index is -3.85. The molecule has 0 aromatic rings. The van der Waals surface area contributed by atoms with E-state index in [-0.39, 0.29) is 0 Å². The van der Waals surface area contributed by atoms with Crippen LogP contribution in [0.1, 0.15) is 90.9 Å². The van der Waals surface area contributed by atoms with Gasteiger partial charge in [-0.3, -0.25) is 4.55 Å². The van der Waals surface area contributed by atoms with Crippen LogP contribution >= 0.6 is 0 Å². The minimum Gasteiger partial charge on any atom is -0.285 e. The van der Waals surface area contributed by atoms with E-state index in [0.29, 0.717) is 12.8 Å². The van der Waals surface area contributed by atoms with Gasteiger partial charge in [0.15, 0.2) is 0 Å². The van der Waals surface area contributed by atoms with E-state index in [9.17, 15) is 13.0 Å². The summed E-state index contributed by atoms with van der Waals surface area (Å²) in [6.45, 7) is 4.32. The van der Waals surface area contributed by atoms with Gasteiger partial charge in [-0.05, 0) is 12.8 Å². The highest BCUT2D eigenvalue weighted by molar-refractivity contribution is 7.86. The number of hydrogen-bond donors (Lipinski definition) is 1.